The standard InChI is InChI=1S/C28H23N5O2/c1-16-4-6-20(32-27(35)24-11-19(8-9-30-24)28(2,3)15-29)12-22(16)17-5-7-21-18(10-17)14-31-26-23(21)13-25(34)33-26/h4-12,14H,13H2,1-3H3,(H,32,35)(H,31,33,34). The van der Waals surface area contributed by atoms with Gasteiger partial charge in [0.25, 0.3) is 5.91 Å². The highest BCUT2D eigenvalue weighted by atomic mass is 16.2. The summed E-state index contributed by atoms with van der Waals surface area (Å²) in [6, 6.07) is 17.5. The number of nitrogens with one attached hydrogen (secondary N) is 2. The van der Waals surface area contributed by atoms with Crippen molar-refractivity contribution in [1.82, 2.24) is 9.97 Å². The van der Waals surface area contributed by atoms with Gasteiger partial charge in [-0.3, -0.25) is 14.6 Å². The lowest BCUT2D eigenvalue weighted by Crippen LogP contribution is -2.18. The number of benzene rings is 2. The second-order valence-corrected chi connectivity index (χ2v) is 9.26. The van der Waals surface area contributed by atoms with Crippen molar-refractivity contribution < 1.29 is 9.59 Å². The van der Waals surface area contributed by atoms with E-state index >= 15 is 0 Å². The molecule has 7 heteroatoms. The zero-order valence-corrected chi connectivity index (χ0v) is 19.6. The molecular formula is C28H23N5O2. The van der Waals surface area contributed by atoms with Gasteiger partial charge in [0.15, 0.2) is 0 Å². The number of carbonyl (C=O) groups excluding carboxylic acids is 2. The maximum atomic E-state index is 12.9. The fourth-order valence-corrected chi connectivity index (χ4v) is 4.29. The van der Waals surface area contributed by atoms with E-state index in [1.165, 1.54) is 0 Å². The number of aromatic nitrogens is 2. The van der Waals surface area contributed by atoms with Gasteiger partial charge in [-0.2, -0.15) is 5.26 Å². The Morgan fingerprint density at radius 3 is 2.74 bits per heavy atom. The molecule has 0 radical (unpaired) electrons. The number of hydrogen-bond donors (Lipinski definition) is 2. The topological polar surface area (TPSA) is 108 Å². The molecule has 4 aromatic rings. The van der Waals surface area contributed by atoms with Crippen molar-refractivity contribution in [3.63, 3.8) is 0 Å². The lowest BCUT2D eigenvalue weighted by atomic mass is 9.86. The highest BCUT2D eigenvalue weighted by Gasteiger charge is 2.23. The van der Waals surface area contributed by atoms with Crippen LogP contribution in [0.15, 0.2) is 60.9 Å². The summed E-state index contributed by atoms with van der Waals surface area (Å²) >= 11 is 0. The summed E-state index contributed by atoms with van der Waals surface area (Å²) in [5.74, 6) is 0.248. The number of amides is 2. The zero-order chi connectivity index (χ0) is 24.7. The SMILES string of the molecule is Cc1ccc(NC(=O)c2cc(C(C)(C)C#N)ccn2)cc1-c1ccc2c3c(ncc2c1)NC(=O)C3. The smallest absolute Gasteiger partial charge is 0.274 e. The van der Waals surface area contributed by atoms with Crippen LogP contribution in [0.2, 0.25) is 0 Å². The zero-order valence-electron chi connectivity index (χ0n) is 19.6. The van der Waals surface area contributed by atoms with Gasteiger partial charge < -0.3 is 10.6 Å². The van der Waals surface area contributed by atoms with E-state index in [4.69, 9.17) is 0 Å². The fourth-order valence-electron chi connectivity index (χ4n) is 4.29. The molecule has 1 aliphatic rings. The van der Waals surface area contributed by atoms with E-state index in [0.717, 1.165) is 38.6 Å². The van der Waals surface area contributed by atoms with E-state index in [1.807, 2.05) is 43.3 Å². The van der Waals surface area contributed by atoms with Crippen molar-refractivity contribution in [2.75, 3.05) is 10.6 Å². The second kappa shape index (κ2) is 8.33. The highest BCUT2D eigenvalue weighted by molar-refractivity contribution is 6.05. The lowest BCUT2D eigenvalue weighted by Gasteiger charge is -2.16. The van der Waals surface area contributed by atoms with Crippen LogP contribution in [0.3, 0.4) is 0 Å². The van der Waals surface area contributed by atoms with E-state index in [-0.39, 0.29) is 17.5 Å². The molecule has 172 valence electrons. The molecular weight excluding hydrogens is 438 g/mol. The van der Waals surface area contributed by atoms with Gasteiger partial charge in [0.1, 0.15) is 11.5 Å². The molecule has 3 heterocycles. The minimum absolute atomic E-state index is 0.0421. The molecule has 0 saturated heterocycles. The quantitative estimate of drug-likeness (QED) is 0.437. The Morgan fingerprint density at radius 2 is 1.94 bits per heavy atom. The Morgan fingerprint density at radius 1 is 1.11 bits per heavy atom. The molecule has 35 heavy (non-hydrogen) atoms. The highest BCUT2D eigenvalue weighted by Crippen LogP contribution is 2.33. The third kappa shape index (κ3) is 4.11. The summed E-state index contributed by atoms with van der Waals surface area (Å²) in [5, 5.41) is 17.1. The van der Waals surface area contributed by atoms with Crippen molar-refractivity contribution in [1.29, 1.82) is 5.26 Å². The summed E-state index contributed by atoms with van der Waals surface area (Å²) in [6.45, 7) is 5.62. The molecule has 2 amide bonds. The molecule has 0 atom stereocenters. The number of pyridine rings is 2. The Hall–Kier alpha value is -4.57. The van der Waals surface area contributed by atoms with Gasteiger partial charge in [0.2, 0.25) is 5.91 Å². The molecule has 2 N–H and O–H groups in total. The average molecular weight is 462 g/mol. The predicted molar refractivity (Wildman–Crippen MR) is 135 cm³/mol. The number of rotatable bonds is 4. The molecule has 2 aromatic carbocycles. The Labute approximate surface area is 202 Å². The van der Waals surface area contributed by atoms with Crippen LogP contribution in [0.4, 0.5) is 11.5 Å². The van der Waals surface area contributed by atoms with Crippen LogP contribution in [0.25, 0.3) is 21.9 Å². The van der Waals surface area contributed by atoms with Gasteiger partial charge >= 0.3 is 0 Å². The Kier molecular flexibility index (Phi) is 5.29. The van der Waals surface area contributed by atoms with Crippen molar-refractivity contribution in [3.8, 4) is 17.2 Å². The monoisotopic (exact) mass is 461 g/mol. The summed E-state index contributed by atoms with van der Waals surface area (Å²) in [5.41, 5.74) is 4.86. The number of hydrogen-bond acceptors (Lipinski definition) is 5. The molecule has 0 aliphatic carbocycles. The maximum Gasteiger partial charge on any atom is 0.274 e. The van der Waals surface area contributed by atoms with Gasteiger partial charge in [-0.25, -0.2) is 4.98 Å². The van der Waals surface area contributed by atoms with E-state index in [2.05, 4.69) is 26.7 Å². The second-order valence-electron chi connectivity index (χ2n) is 9.26. The van der Waals surface area contributed by atoms with E-state index in [1.54, 1.807) is 38.4 Å². The molecule has 5 rings (SSSR count). The average Bonchev–Trinajstić information content (AvgIpc) is 3.25. The molecule has 2 aromatic heterocycles. The van der Waals surface area contributed by atoms with Crippen LogP contribution in [0, 0.1) is 18.3 Å². The van der Waals surface area contributed by atoms with Crippen LogP contribution in [0.1, 0.15) is 41.0 Å². The molecule has 7 nitrogen and oxygen atoms in total. The van der Waals surface area contributed by atoms with Crippen molar-refractivity contribution in [3.05, 3.63) is 83.3 Å². The lowest BCUT2D eigenvalue weighted by molar-refractivity contribution is -0.115. The van der Waals surface area contributed by atoms with Gasteiger partial charge in [-0.15, -0.1) is 0 Å². The third-order valence-electron chi connectivity index (χ3n) is 6.39. The van der Waals surface area contributed by atoms with Gasteiger partial charge in [0.05, 0.1) is 17.9 Å². The third-order valence-corrected chi connectivity index (χ3v) is 6.39. The van der Waals surface area contributed by atoms with Crippen LogP contribution < -0.4 is 10.6 Å². The largest absolute Gasteiger partial charge is 0.321 e. The molecule has 0 spiro atoms. The number of aryl methyl sites for hydroxylation is 1. The number of anilines is 2. The first-order valence-corrected chi connectivity index (χ1v) is 11.3. The number of nitriles is 1. The number of nitrogens with zero attached hydrogens (tertiary/aromatic N) is 3. The van der Waals surface area contributed by atoms with Crippen LogP contribution in [0.5, 0.6) is 0 Å². The number of carbonyl (C=O) groups is 2. The molecule has 0 fully saturated rings. The normalized spacial score (nSPS) is 12.7. The molecule has 0 unspecified atom stereocenters. The van der Waals surface area contributed by atoms with Crippen LogP contribution >= 0.6 is 0 Å². The minimum atomic E-state index is -0.719. The summed E-state index contributed by atoms with van der Waals surface area (Å²) in [6.07, 6.45) is 3.65. The minimum Gasteiger partial charge on any atom is -0.321 e. The predicted octanol–water partition coefficient (Wildman–Crippen LogP) is 5.15. The van der Waals surface area contributed by atoms with Crippen LogP contribution in [-0.2, 0) is 16.6 Å². The molecule has 0 saturated carbocycles. The van der Waals surface area contributed by atoms with Gasteiger partial charge in [-0.05, 0) is 78.7 Å². The first-order valence-electron chi connectivity index (χ1n) is 11.3. The van der Waals surface area contributed by atoms with E-state index in [0.29, 0.717) is 17.9 Å². The first kappa shape index (κ1) is 22.2. The van der Waals surface area contributed by atoms with Crippen molar-refractivity contribution >= 4 is 34.1 Å². The maximum absolute atomic E-state index is 12.9. The van der Waals surface area contributed by atoms with Gasteiger partial charge in [0, 0.05) is 29.0 Å². The Balaban J connectivity index is 1.45. The summed E-state index contributed by atoms with van der Waals surface area (Å²) < 4.78 is 0. The first-order chi connectivity index (χ1) is 16.7. The van der Waals surface area contributed by atoms with Crippen molar-refractivity contribution in [2.24, 2.45) is 0 Å². The van der Waals surface area contributed by atoms with Crippen molar-refractivity contribution in [2.45, 2.75) is 32.6 Å². The molecule has 1 aliphatic heterocycles. The van der Waals surface area contributed by atoms with Gasteiger partial charge in [-0.1, -0.05) is 18.2 Å². The summed E-state index contributed by atoms with van der Waals surface area (Å²) in [7, 11) is 0. The summed E-state index contributed by atoms with van der Waals surface area (Å²) in [4.78, 5) is 33.3. The van der Waals surface area contributed by atoms with Crippen LogP contribution in [-0.4, -0.2) is 21.8 Å². The van der Waals surface area contributed by atoms with E-state index < -0.39 is 5.41 Å². The Bertz CT molecular complexity index is 1570. The number of fused-ring (bicyclic) bond motifs is 3. The van der Waals surface area contributed by atoms with E-state index in [9.17, 15) is 14.9 Å². The molecule has 0 bridgehead atoms. The fraction of sp³-hybridized carbons (Fsp3) is 0.179.